The van der Waals surface area contributed by atoms with E-state index < -0.39 is 11.8 Å². The summed E-state index contributed by atoms with van der Waals surface area (Å²) in [5.74, 6) is -1.53. The van der Waals surface area contributed by atoms with Crippen molar-refractivity contribution in [2.75, 3.05) is 13.1 Å². The van der Waals surface area contributed by atoms with Crippen LogP contribution in [0.3, 0.4) is 0 Å². The van der Waals surface area contributed by atoms with Gasteiger partial charge < -0.3 is 10.0 Å². The van der Waals surface area contributed by atoms with Crippen molar-refractivity contribution in [3.8, 4) is 0 Å². The lowest BCUT2D eigenvalue weighted by Gasteiger charge is -2.33. The molecule has 4 nitrogen and oxygen atoms in total. The molecule has 1 aliphatic heterocycles. The van der Waals surface area contributed by atoms with Gasteiger partial charge in [0.05, 0.1) is 5.56 Å². The van der Waals surface area contributed by atoms with E-state index in [1.54, 1.807) is 17.0 Å². The average molecular weight is 358 g/mol. The number of carbonyl (C=O) groups is 2. The SMILES string of the molecule is O=C(O)CCC1CCCN(C(=O)c2c(F)cccc2Br)C1. The molecule has 1 heterocycles. The van der Waals surface area contributed by atoms with Crippen LogP contribution < -0.4 is 0 Å². The average Bonchev–Trinajstić information content (AvgIpc) is 2.45. The quantitative estimate of drug-likeness (QED) is 0.899. The third-order valence-electron chi connectivity index (χ3n) is 3.75. The first kappa shape index (κ1) is 15.9. The second-order valence-electron chi connectivity index (χ2n) is 5.29. The lowest BCUT2D eigenvalue weighted by atomic mass is 9.93. The molecule has 0 aromatic heterocycles. The van der Waals surface area contributed by atoms with Crippen LogP contribution in [0.2, 0.25) is 0 Å². The highest BCUT2D eigenvalue weighted by Gasteiger charge is 2.27. The molecule has 1 aromatic rings. The minimum absolute atomic E-state index is 0.0522. The number of carboxylic acids is 1. The molecular weight excluding hydrogens is 341 g/mol. The van der Waals surface area contributed by atoms with Crippen molar-refractivity contribution in [2.45, 2.75) is 25.7 Å². The predicted octanol–water partition coefficient (Wildman–Crippen LogP) is 3.31. The summed E-state index contributed by atoms with van der Waals surface area (Å²) in [7, 11) is 0. The smallest absolute Gasteiger partial charge is 0.303 e. The second kappa shape index (κ2) is 7.02. The van der Waals surface area contributed by atoms with Gasteiger partial charge in [-0.25, -0.2) is 4.39 Å². The van der Waals surface area contributed by atoms with Crippen LogP contribution in [0.4, 0.5) is 4.39 Å². The molecule has 21 heavy (non-hydrogen) atoms. The van der Waals surface area contributed by atoms with E-state index in [0.29, 0.717) is 24.0 Å². The number of likely N-dealkylation sites (tertiary alicyclic amines) is 1. The van der Waals surface area contributed by atoms with Crippen LogP contribution in [0.1, 0.15) is 36.0 Å². The van der Waals surface area contributed by atoms with E-state index >= 15 is 0 Å². The number of rotatable bonds is 4. The molecule has 1 saturated heterocycles. The first-order valence-electron chi connectivity index (χ1n) is 6.94. The number of carbonyl (C=O) groups excluding carboxylic acids is 1. The van der Waals surface area contributed by atoms with Gasteiger partial charge in [0.25, 0.3) is 5.91 Å². The summed E-state index contributed by atoms with van der Waals surface area (Å²) in [5, 5.41) is 8.73. The molecule has 1 atom stereocenters. The van der Waals surface area contributed by atoms with E-state index in [1.807, 2.05) is 0 Å². The summed E-state index contributed by atoms with van der Waals surface area (Å²) >= 11 is 3.21. The van der Waals surface area contributed by atoms with Crippen LogP contribution in [0.25, 0.3) is 0 Å². The number of amides is 1. The highest BCUT2D eigenvalue weighted by Crippen LogP contribution is 2.26. The normalized spacial score (nSPS) is 18.6. The van der Waals surface area contributed by atoms with Gasteiger partial charge in [0, 0.05) is 24.0 Å². The van der Waals surface area contributed by atoms with Gasteiger partial charge in [-0.1, -0.05) is 6.07 Å². The zero-order valence-electron chi connectivity index (χ0n) is 11.5. The summed E-state index contributed by atoms with van der Waals surface area (Å²) in [6.45, 7) is 1.08. The molecule has 1 N–H and O–H groups in total. The Hall–Kier alpha value is -1.43. The van der Waals surface area contributed by atoms with Gasteiger partial charge in [-0.05, 0) is 53.2 Å². The summed E-state index contributed by atoms with van der Waals surface area (Å²) in [5.41, 5.74) is 0.0522. The molecule has 6 heteroatoms. The third-order valence-corrected chi connectivity index (χ3v) is 4.41. The van der Waals surface area contributed by atoms with Crippen molar-refractivity contribution >= 4 is 27.8 Å². The highest BCUT2D eigenvalue weighted by atomic mass is 79.9. The largest absolute Gasteiger partial charge is 0.481 e. The molecule has 0 radical (unpaired) electrons. The zero-order valence-corrected chi connectivity index (χ0v) is 13.1. The monoisotopic (exact) mass is 357 g/mol. The second-order valence-corrected chi connectivity index (χ2v) is 6.14. The number of hydrogen-bond acceptors (Lipinski definition) is 2. The Bertz CT molecular complexity index is 529. The number of aliphatic carboxylic acids is 1. The first-order valence-corrected chi connectivity index (χ1v) is 7.73. The van der Waals surface area contributed by atoms with Gasteiger partial charge in [0.2, 0.25) is 0 Å². The lowest BCUT2D eigenvalue weighted by Crippen LogP contribution is -2.40. The lowest BCUT2D eigenvalue weighted by molar-refractivity contribution is -0.137. The van der Waals surface area contributed by atoms with Gasteiger partial charge in [-0.15, -0.1) is 0 Å². The molecule has 0 spiro atoms. The predicted molar refractivity (Wildman–Crippen MR) is 79.6 cm³/mol. The van der Waals surface area contributed by atoms with Crippen molar-refractivity contribution in [3.05, 3.63) is 34.1 Å². The Balaban J connectivity index is 2.07. The molecule has 1 aromatic carbocycles. The van der Waals surface area contributed by atoms with Crippen LogP contribution in [-0.2, 0) is 4.79 Å². The number of benzene rings is 1. The maximum atomic E-state index is 13.9. The Morgan fingerprint density at radius 3 is 2.86 bits per heavy atom. The van der Waals surface area contributed by atoms with Gasteiger partial charge in [0.1, 0.15) is 5.82 Å². The molecular formula is C15H17BrFNO3. The van der Waals surface area contributed by atoms with E-state index in [4.69, 9.17) is 5.11 Å². The highest BCUT2D eigenvalue weighted by molar-refractivity contribution is 9.10. The van der Waals surface area contributed by atoms with E-state index in [0.717, 1.165) is 12.8 Å². The van der Waals surface area contributed by atoms with Crippen LogP contribution in [0.15, 0.2) is 22.7 Å². The minimum atomic E-state index is -0.824. The maximum absolute atomic E-state index is 13.9. The number of halogens is 2. The van der Waals surface area contributed by atoms with E-state index in [2.05, 4.69) is 15.9 Å². The topological polar surface area (TPSA) is 57.6 Å². The number of hydrogen-bond donors (Lipinski definition) is 1. The van der Waals surface area contributed by atoms with Crippen molar-refractivity contribution in [3.63, 3.8) is 0 Å². The van der Waals surface area contributed by atoms with Crippen molar-refractivity contribution in [2.24, 2.45) is 5.92 Å². The summed E-state index contributed by atoms with van der Waals surface area (Å²) < 4.78 is 14.3. The van der Waals surface area contributed by atoms with Crippen LogP contribution in [0.5, 0.6) is 0 Å². The fraction of sp³-hybridized carbons (Fsp3) is 0.467. The molecule has 0 aliphatic carbocycles. The first-order chi connectivity index (χ1) is 9.99. The zero-order chi connectivity index (χ0) is 15.4. The molecule has 2 rings (SSSR count). The fourth-order valence-corrected chi connectivity index (χ4v) is 3.18. The molecule has 1 amide bonds. The molecule has 1 fully saturated rings. The van der Waals surface area contributed by atoms with Gasteiger partial charge in [-0.3, -0.25) is 9.59 Å². The van der Waals surface area contributed by atoms with Gasteiger partial charge in [-0.2, -0.15) is 0 Å². The minimum Gasteiger partial charge on any atom is -0.481 e. The Labute approximate surface area is 131 Å². The van der Waals surface area contributed by atoms with Gasteiger partial charge in [0.15, 0.2) is 0 Å². The van der Waals surface area contributed by atoms with Crippen LogP contribution in [-0.4, -0.2) is 35.0 Å². The third kappa shape index (κ3) is 4.03. The summed E-state index contributed by atoms with van der Waals surface area (Å²) in [4.78, 5) is 24.7. The van der Waals surface area contributed by atoms with E-state index in [1.165, 1.54) is 6.07 Å². The summed E-state index contributed by atoms with van der Waals surface area (Å²) in [6.07, 6.45) is 2.39. The fourth-order valence-electron chi connectivity index (χ4n) is 2.67. The van der Waals surface area contributed by atoms with Crippen molar-refractivity contribution in [1.82, 2.24) is 4.90 Å². The Kier molecular flexibility index (Phi) is 5.33. The molecule has 0 saturated carbocycles. The molecule has 114 valence electrons. The standard InChI is InChI=1S/C15H17BrFNO3/c16-11-4-1-5-12(17)14(11)15(21)18-8-2-3-10(9-18)6-7-13(19)20/h1,4-5,10H,2-3,6-9H2,(H,19,20). The molecule has 1 unspecified atom stereocenters. The van der Waals surface area contributed by atoms with E-state index in [9.17, 15) is 14.0 Å². The number of piperidine rings is 1. The van der Waals surface area contributed by atoms with Gasteiger partial charge >= 0.3 is 5.97 Å². The molecule has 0 bridgehead atoms. The van der Waals surface area contributed by atoms with Crippen molar-refractivity contribution in [1.29, 1.82) is 0 Å². The van der Waals surface area contributed by atoms with Crippen molar-refractivity contribution < 1.29 is 19.1 Å². The number of nitrogens with zero attached hydrogens (tertiary/aromatic N) is 1. The van der Waals surface area contributed by atoms with E-state index in [-0.39, 0.29) is 23.8 Å². The maximum Gasteiger partial charge on any atom is 0.303 e. The van der Waals surface area contributed by atoms with Crippen LogP contribution >= 0.6 is 15.9 Å². The molecule has 1 aliphatic rings. The summed E-state index contributed by atoms with van der Waals surface area (Å²) in [6, 6.07) is 4.45. The Morgan fingerprint density at radius 2 is 2.19 bits per heavy atom. The van der Waals surface area contributed by atoms with Crippen LogP contribution in [0, 0.1) is 11.7 Å². The number of carboxylic acid groups (broad SMARTS) is 1. The Morgan fingerprint density at radius 1 is 1.43 bits per heavy atom.